The fourth-order valence-electron chi connectivity index (χ4n) is 3.96. The molecule has 0 bridgehead atoms. The second kappa shape index (κ2) is 11.7. The van der Waals surface area contributed by atoms with Crippen LogP contribution < -0.4 is 18.9 Å². The van der Waals surface area contributed by atoms with Gasteiger partial charge in [0.25, 0.3) is 0 Å². The smallest absolute Gasteiger partial charge is 0.231 e. The van der Waals surface area contributed by atoms with Gasteiger partial charge in [0.15, 0.2) is 23.0 Å². The van der Waals surface area contributed by atoms with Crippen LogP contribution in [0, 0.1) is 0 Å². The van der Waals surface area contributed by atoms with Crippen molar-refractivity contribution >= 4 is 0 Å². The van der Waals surface area contributed by atoms with E-state index in [-0.39, 0.29) is 13.4 Å². The summed E-state index contributed by atoms with van der Waals surface area (Å²) in [6.07, 6.45) is -0.641. The van der Waals surface area contributed by atoms with Gasteiger partial charge in [-0.2, -0.15) is 0 Å². The molecule has 0 saturated heterocycles. The number of ether oxygens (including phenoxy) is 5. The van der Waals surface area contributed by atoms with E-state index in [4.69, 9.17) is 23.7 Å². The van der Waals surface area contributed by atoms with Gasteiger partial charge < -0.3 is 28.8 Å². The zero-order valence-electron chi connectivity index (χ0n) is 19.6. The van der Waals surface area contributed by atoms with Crippen molar-refractivity contribution in [3.05, 3.63) is 83.4 Å². The number of aliphatic hydroxyl groups is 1. The minimum absolute atomic E-state index is 0.242. The summed E-state index contributed by atoms with van der Waals surface area (Å²) in [6.45, 7) is 2.64. The number of fused-ring (bicyclic) bond motifs is 1. The highest BCUT2D eigenvalue weighted by molar-refractivity contribution is 5.45. The first kappa shape index (κ1) is 23.9. The molecule has 0 spiro atoms. The molecule has 0 fully saturated rings. The number of methoxy groups -OCH3 is 2. The van der Waals surface area contributed by atoms with E-state index in [0.29, 0.717) is 37.7 Å². The van der Waals surface area contributed by atoms with Crippen LogP contribution in [0.1, 0.15) is 16.7 Å². The molecule has 7 nitrogen and oxygen atoms in total. The molecule has 0 saturated carbocycles. The van der Waals surface area contributed by atoms with Gasteiger partial charge in [0.1, 0.15) is 0 Å². The summed E-state index contributed by atoms with van der Waals surface area (Å²) in [4.78, 5) is 2.18. The number of benzene rings is 3. The highest BCUT2D eigenvalue weighted by atomic mass is 16.7. The molecule has 0 radical (unpaired) electrons. The molecule has 1 aliphatic rings. The normalized spacial score (nSPS) is 13.2. The van der Waals surface area contributed by atoms with Gasteiger partial charge in [-0.1, -0.05) is 42.5 Å². The Morgan fingerprint density at radius 3 is 2.29 bits per heavy atom. The molecule has 7 heteroatoms. The first-order valence-corrected chi connectivity index (χ1v) is 11.3. The van der Waals surface area contributed by atoms with E-state index >= 15 is 0 Å². The van der Waals surface area contributed by atoms with E-state index in [2.05, 4.69) is 4.90 Å². The summed E-state index contributed by atoms with van der Waals surface area (Å²) in [5.74, 6) is 2.86. The Labute approximate surface area is 200 Å². The van der Waals surface area contributed by atoms with Gasteiger partial charge in [-0.25, -0.2) is 0 Å². The van der Waals surface area contributed by atoms with E-state index in [9.17, 15) is 5.11 Å². The molecule has 1 heterocycles. The Morgan fingerprint density at radius 2 is 1.53 bits per heavy atom. The van der Waals surface area contributed by atoms with Crippen molar-refractivity contribution in [3.8, 4) is 23.0 Å². The highest BCUT2D eigenvalue weighted by Crippen LogP contribution is 2.33. The number of aliphatic hydroxyl groups excluding tert-OH is 1. The van der Waals surface area contributed by atoms with Gasteiger partial charge in [-0.15, -0.1) is 0 Å². The predicted octanol–water partition coefficient (Wildman–Crippen LogP) is 4.01. The number of hydrogen-bond donors (Lipinski definition) is 1. The van der Waals surface area contributed by atoms with Crippen molar-refractivity contribution in [1.82, 2.24) is 4.90 Å². The van der Waals surface area contributed by atoms with Crippen molar-refractivity contribution in [2.75, 3.05) is 34.2 Å². The van der Waals surface area contributed by atoms with Crippen LogP contribution in [0.5, 0.6) is 23.0 Å². The molecule has 3 aromatic rings. The van der Waals surface area contributed by atoms with Crippen molar-refractivity contribution in [1.29, 1.82) is 0 Å². The van der Waals surface area contributed by atoms with Crippen LogP contribution in [-0.2, 0) is 24.4 Å². The third-order valence-electron chi connectivity index (χ3n) is 5.59. The first-order valence-electron chi connectivity index (χ1n) is 11.3. The lowest BCUT2D eigenvalue weighted by Gasteiger charge is -2.26. The zero-order valence-corrected chi connectivity index (χ0v) is 19.6. The van der Waals surface area contributed by atoms with Crippen LogP contribution in [0.25, 0.3) is 0 Å². The molecule has 3 aromatic carbocycles. The van der Waals surface area contributed by atoms with Crippen LogP contribution in [0.3, 0.4) is 0 Å². The second-order valence-corrected chi connectivity index (χ2v) is 8.20. The number of nitrogens with zero attached hydrogens (tertiary/aromatic N) is 1. The fraction of sp³-hybridized carbons (Fsp3) is 0.333. The number of rotatable bonds is 12. The zero-order chi connectivity index (χ0) is 23.8. The average molecular weight is 466 g/mol. The van der Waals surface area contributed by atoms with Gasteiger partial charge in [-0.05, 0) is 41.0 Å². The summed E-state index contributed by atoms with van der Waals surface area (Å²) in [5, 5.41) is 10.7. The minimum atomic E-state index is -0.641. The van der Waals surface area contributed by atoms with Crippen LogP contribution in [-0.4, -0.2) is 50.3 Å². The maximum Gasteiger partial charge on any atom is 0.231 e. The summed E-state index contributed by atoms with van der Waals surface area (Å²) in [7, 11) is 3.25. The average Bonchev–Trinajstić information content (AvgIpc) is 3.32. The lowest BCUT2D eigenvalue weighted by Crippen LogP contribution is -2.34. The Hall–Kier alpha value is -3.26. The molecule has 0 amide bonds. The van der Waals surface area contributed by atoms with Crippen molar-refractivity contribution in [2.45, 2.75) is 25.8 Å². The van der Waals surface area contributed by atoms with Crippen molar-refractivity contribution in [3.63, 3.8) is 0 Å². The summed E-state index contributed by atoms with van der Waals surface area (Å²) >= 11 is 0. The van der Waals surface area contributed by atoms with Crippen molar-refractivity contribution in [2.24, 2.45) is 0 Å². The Balaban J connectivity index is 1.43. The van der Waals surface area contributed by atoms with Gasteiger partial charge in [0.05, 0.1) is 33.5 Å². The lowest BCUT2D eigenvalue weighted by atomic mass is 10.1. The monoisotopic (exact) mass is 465 g/mol. The molecule has 1 atom stereocenters. The molecule has 4 rings (SSSR count). The highest BCUT2D eigenvalue weighted by Gasteiger charge is 2.18. The first-order chi connectivity index (χ1) is 16.6. The van der Waals surface area contributed by atoms with E-state index < -0.39 is 6.10 Å². The Bertz CT molecular complexity index is 1060. The molecular formula is C27H31NO6. The molecule has 1 aliphatic heterocycles. The van der Waals surface area contributed by atoms with Crippen LogP contribution in [0.4, 0.5) is 0 Å². The molecule has 0 aromatic heterocycles. The van der Waals surface area contributed by atoms with Gasteiger partial charge in [0.2, 0.25) is 6.79 Å². The van der Waals surface area contributed by atoms with E-state index in [1.807, 2.05) is 66.7 Å². The standard InChI is InChI=1S/C27H31NO6/c1-30-24-10-8-21(12-26(24)31-2)14-28(15-22-9-11-25-27(13-22)34-19-33-25)16-23(29)18-32-17-20-6-4-3-5-7-20/h3-13,23,29H,14-19H2,1-2H3/t23-/m0/s1. The van der Waals surface area contributed by atoms with Gasteiger partial charge in [0, 0.05) is 19.6 Å². The molecule has 0 aliphatic carbocycles. The number of hydrogen-bond acceptors (Lipinski definition) is 7. The summed E-state index contributed by atoms with van der Waals surface area (Å²) in [6, 6.07) is 21.7. The largest absolute Gasteiger partial charge is 0.493 e. The lowest BCUT2D eigenvalue weighted by molar-refractivity contribution is 0.00711. The topological polar surface area (TPSA) is 69.6 Å². The molecule has 0 unspecified atom stereocenters. The van der Waals surface area contributed by atoms with E-state index in [0.717, 1.165) is 28.2 Å². The Morgan fingerprint density at radius 1 is 0.824 bits per heavy atom. The fourth-order valence-corrected chi connectivity index (χ4v) is 3.96. The minimum Gasteiger partial charge on any atom is -0.493 e. The maximum atomic E-state index is 10.7. The maximum absolute atomic E-state index is 10.7. The van der Waals surface area contributed by atoms with E-state index in [1.165, 1.54) is 0 Å². The quantitative estimate of drug-likeness (QED) is 0.433. The van der Waals surface area contributed by atoms with E-state index in [1.54, 1.807) is 14.2 Å². The van der Waals surface area contributed by atoms with Crippen LogP contribution in [0.15, 0.2) is 66.7 Å². The molecule has 1 N–H and O–H groups in total. The molecule has 34 heavy (non-hydrogen) atoms. The predicted molar refractivity (Wildman–Crippen MR) is 128 cm³/mol. The third kappa shape index (κ3) is 6.41. The third-order valence-corrected chi connectivity index (χ3v) is 5.59. The summed E-state index contributed by atoms with van der Waals surface area (Å²) < 4.78 is 27.5. The van der Waals surface area contributed by atoms with Crippen molar-refractivity contribution < 1.29 is 28.8 Å². The second-order valence-electron chi connectivity index (χ2n) is 8.20. The molecular weight excluding hydrogens is 434 g/mol. The van der Waals surface area contributed by atoms with Gasteiger partial charge in [-0.3, -0.25) is 4.90 Å². The molecule has 180 valence electrons. The van der Waals surface area contributed by atoms with Crippen LogP contribution >= 0.6 is 0 Å². The van der Waals surface area contributed by atoms with Gasteiger partial charge >= 0.3 is 0 Å². The van der Waals surface area contributed by atoms with Crippen LogP contribution in [0.2, 0.25) is 0 Å². The SMILES string of the molecule is COc1ccc(CN(Cc2ccc3c(c2)OCO3)C[C@H](O)COCc2ccccc2)cc1OC. The summed E-state index contributed by atoms with van der Waals surface area (Å²) in [5.41, 5.74) is 3.20. The Kier molecular flexibility index (Phi) is 8.25.